The van der Waals surface area contributed by atoms with Gasteiger partial charge in [-0.25, -0.2) is 0 Å². The monoisotopic (exact) mass is 383 g/mol. The Labute approximate surface area is 166 Å². The second kappa shape index (κ2) is 10.5. The molecule has 150 valence electrons. The normalized spacial score (nSPS) is 10.6. The maximum absolute atomic E-state index is 12.5. The Morgan fingerprint density at radius 1 is 0.964 bits per heavy atom. The number of methoxy groups -OCH3 is 1. The van der Waals surface area contributed by atoms with Crippen LogP contribution in [0.1, 0.15) is 24.5 Å². The number of benzene rings is 2. The zero-order valence-electron chi connectivity index (χ0n) is 17.0. The molecular formula is C22H29N3O3. The molecule has 2 aromatic rings. The summed E-state index contributed by atoms with van der Waals surface area (Å²) in [6.07, 6.45) is 0.846. The van der Waals surface area contributed by atoms with Gasteiger partial charge in [-0.2, -0.15) is 0 Å². The van der Waals surface area contributed by atoms with Gasteiger partial charge in [0.1, 0.15) is 5.75 Å². The molecule has 2 amide bonds. The molecule has 6 heteroatoms. The largest absolute Gasteiger partial charge is 0.495 e. The molecule has 2 N–H and O–H groups in total. The zero-order chi connectivity index (χ0) is 20.5. The van der Waals surface area contributed by atoms with E-state index in [1.54, 1.807) is 19.2 Å². The minimum Gasteiger partial charge on any atom is -0.495 e. The van der Waals surface area contributed by atoms with Gasteiger partial charge in [0.25, 0.3) is 0 Å². The van der Waals surface area contributed by atoms with E-state index in [2.05, 4.69) is 10.6 Å². The number of nitrogens with one attached hydrogen (secondary N) is 2. The number of hydrogen-bond acceptors (Lipinski definition) is 4. The summed E-state index contributed by atoms with van der Waals surface area (Å²) in [4.78, 5) is 26.8. The van der Waals surface area contributed by atoms with E-state index in [1.165, 1.54) is 0 Å². The van der Waals surface area contributed by atoms with E-state index in [0.717, 1.165) is 23.2 Å². The number of anilines is 2. The first kappa shape index (κ1) is 21.4. The first-order chi connectivity index (χ1) is 13.4. The highest BCUT2D eigenvalue weighted by molar-refractivity contribution is 5.95. The van der Waals surface area contributed by atoms with Gasteiger partial charge in [-0.1, -0.05) is 31.2 Å². The summed E-state index contributed by atoms with van der Waals surface area (Å²) >= 11 is 0. The third kappa shape index (κ3) is 6.39. The summed E-state index contributed by atoms with van der Waals surface area (Å²) in [6.45, 7) is 6.90. The van der Waals surface area contributed by atoms with Crippen molar-refractivity contribution in [1.29, 1.82) is 0 Å². The van der Waals surface area contributed by atoms with Crippen molar-refractivity contribution in [2.45, 2.75) is 27.2 Å². The van der Waals surface area contributed by atoms with Gasteiger partial charge in [-0.15, -0.1) is 0 Å². The quantitative estimate of drug-likeness (QED) is 0.694. The van der Waals surface area contributed by atoms with Crippen LogP contribution in [0.15, 0.2) is 42.5 Å². The van der Waals surface area contributed by atoms with Crippen molar-refractivity contribution in [3.8, 4) is 5.75 Å². The second-order valence-corrected chi connectivity index (χ2v) is 6.83. The number of para-hydroxylation sites is 2. The fourth-order valence-electron chi connectivity index (χ4n) is 2.93. The van der Waals surface area contributed by atoms with Crippen LogP contribution < -0.4 is 15.4 Å². The minimum absolute atomic E-state index is 0.131. The number of ether oxygens (including phenoxy) is 1. The van der Waals surface area contributed by atoms with E-state index in [-0.39, 0.29) is 24.9 Å². The maximum Gasteiger partial charge on any atom is 0.238 e. The fraction of sp³-hybridized carbons (Fsp3) is 0.364. The average Bonchev–Trinajstić information content (AvgIpc) is 2.65. The third-order valence-corrected chi connectivity index (χ3v) is 4.32. The van der Waals surface area contributed by atoms with Gasteiger partial charge in [-0.05, 0) is 56.1 Å². The molecule has 0 saturated heterocycles. The van der Waals surface area contributed by atoms with Crippen LogP contribution in [0.4, 0.5) is 11.4 Å². The molecule has 2 rings (SSSR count). The molecule has 0 aromatic heterocycles. The number of aryl methyl sites for hydroxylation is 2. The summed E-state index contributed by atoms with van der Waals surface area (Å²) in [5.74, 6) is 0.287. The Hall–Kier alpha value is -2.86. The van der Waals surface area contributed by atoms with Gasteiger partial charge in [0.15, 0.2) is 0 Å². The second-order valence-electron chi connectivity index (χ2n) is 6.83. The number of hydrogen-bond donors (Lipinski definition) is 2. The van der Waals surface area contributed by atoms with Crippen LogP contribution in [0.2, 0.25) is 0 Å². The lowest BCUT2D eigenvalue weighted by molar-refractivity contribution is -0.120. The van der Waals surface area contributed by atoms with Crippen molar-refractivity contribution in [1.82, 2.24) is 4.90 Å². The van der Waals surface area contributed by atoms with Crippen molar-refractivity contribution in [2.24, 2.45) is 0 Å². The predicted molar refractivity (Wildman–Crippen MR) is 113 cm³/mol. The summed E-state index contributed by atoms with van der Waals surface area (Å²) in [7, 11) is 1.56. The highest BCUT2D eigenvalue weighted by atomic mass is 16.5. The van der Waals surface area contributed by atoms with Crippen molar-refractivity contribution in [3.05, 3.63) is 53.6 Å². The molecule has 0 unspecified atom stereocenters. The van der Waals surface area contributed by atoms with Crippen LogP contribution in [-0.2, 0) is 9.59 Å². The molecule has 0 atom stereocenters. The third-order valence-electron chi connectivity index (χ3n) is 4.32. The molecule has 0 bridgehead atoms. The molecule has 0 saturated carbocycles. The van der Waals surface area contributed by atoms with Crippen LogP contribution >= 0.6 is 0 Å². The van der Waals surface area contributed by atoms with Crippen LogP contribution in [0.5, 0.6) is 5.75 Å². The van der Waals surface area contributed by atoms with Crippen molar-refractivity contribution in [2.75, 3.05) is 37.4 Å². The molecule has 0 heterocycles. The zero-order valence-corrected chi connectivity index (χ0v) is 17.0. The van der Waals surface area contributed by atoms with Gasteiger partial charge in [-0.3, -0.25) is 14.5 Å². The SMILES string of the molecule is CCCN(CC(=O)Nc1cc(C)ccc1C)CC(=O)Nc1ccccc1OC. The van der Waals surface area contributed by atoms with Gasteiger partial charge in [0.2, 0.25) is 11.8 Å². The summed E-state index contributed by atoms with van der Waals surface area (Å²) in [5, 5.41) is 5.80. The first-order valence-corrected chi connectivity index (χ1v) is 9.45. The Kier molecular flexibility index (Phi) is 8.02. The lowest BCUT2D eigenvalue weighted by Gasteiger charge is -2.21. The van der Waals surface area contributed by atoms with Crippen molar-refractivity contribution >= 4 is 23.2 Å². The summed E-state index contributed by atoms with van der Waals surface area (Å²) in [5.41, 5.74) is 3.52. The van der Waals surface area contributed by atoms with Gasteiger partial charge in [0, 0.05) is 5.69 Å². The highest BCUT2D eigenvalue weighted by Gasteiger charge is 2.16. The summed E-state index contributed by atoms with van der Waals surface area (Å²) < 4.78 is 5.26. The maximum atomic E-state index is 12.5. The number of amides is 2. The van der Waals surface area contributed by atoms with Crippen LogP contribution in [0.3, 0.4) is 0 Å². The van der Waals surface area contributed by atoms with E-state index < -0.39 is 0 Å². The minimum atomic E-state index is -0.183. The number of carbonyl (C=O) groups excluding carboxylic acids is 2. The molecule has 0 aliphatic carbocycles. The molecule has 0 radical (unpaired) electrons. The van der Waals surface area contributed by atoms with Gasteiger partial charge >= 0.3 is 0 Å². The number of carbonyl (C=O) groups is 2. The Morgan fingerprint density at radius 3 is 2.25 bits per heavy atom. The number of nitrogens with zero attached hydrogens (tertiary/aromatic N) is 1. The van der Waals surface area contributed by atoms with Crippen molar-refractivity contribution < 1.29 is 14.3 Å². The molecule has 0 aliphatic rings. The standard InChI is InChI=1S/C22H29N3O3/c1-5-12-25(14-21(26)23-18-8-6-7-9-20(18)28-4)15-22(27)24-19-13-16(2)10-11-17(19)3/h6-11,13H,5,12,14-15H2,1-4H3,(H,23,26)(H,24,27). The first-order valence-electron chi connectivity index (χ1n) is 9.45. The van der Waals surface area contributed by atoms with E-state index in [0.29, 0.717) is 18.0 Å². The predicted octanol–water partition coefficient (Wildman–Crippen LogP) is 3.60. The number of rotatable bonds is 9. The Balaban J connectivity index is 1.97. The van der Waals surface area contributed by atoms with Crippen LogP contribution in [-0.4, -0.2) is 43.5 Å². The molecule has 0 spiro atoms. The van der Waals surface area contributed by atoms with E-state index >= 15 is 0 Å². The van der Waals surface area contributed by atoms with Crippen molar-refractivity contribution in [3.63, 3.8) is 0 Å². The van der Waals surface area contributed by atoms with Crippen LogP contribution in [0.25, 0.3) is 0 Å². The molecule has 2 aromatic carbocycles. The molecule has 28 heavy (non-hydrogen) atoms. The fourth-order valence-corrected chi connectivity index (χ4v) is 2.93. The average molecular weight is 383 g/mol. The molecule has 0 aliphatic heterocycles. The van der Waals surface area contributed by atoms with Gasteiger partial charge in [0.05, 0.1) is 25.9 Å². The molecule has 6 nitrogen and oxygen atoms in total. The lowest BCUT2D eigenvalue weighted by Crippen LogP contribution is -2.39. The molecular weight excluding hydrogens is 354 g/mol. The topological polar surface area (TPSA) is 70.7 Å². The van der Waals surface area contributed by atoms with Gasteiger partial charge < -0.3 is 15.4 Å². The van der Waals surface area contributed by atoms with Crippen LogP contribution in [0, 0.1) is 13.8 Å². The van der Waals surface area contributed by atoms with E-state index in [4.69, 9.17) is 4.74 Å². The molecule has 0 fully saturated rings. The lowest BCUT2D eigenvalue weighted by atomic mass is 10.1. The van der Waals surface area contributed by atoms with E-state index in [9.17, 15) is 9.59 Å². The highest BCUT2D eigenvalue weighted by Crippen LogP contribution is 2.23. The Morgan fingerprint density at radius 2 is 1.61 bits per heavy atom. The summed E-state index contributed by atoms with van der Waals surface area (Å²) in [6, 6.07) is 13.2. The van der Waals surface area contributed by atoms with E-state index in [1.807, 2.05) is 56.0 Å². The Bertz CT molecular complexity index is 820. The smallest absolute Gasteiger partial charge is 0.238 e.